The van der Waals surface area contributed by atoms with E-state index in [1.165, 1.54) is 10.4 Å². The molecule has 3 rings (SSSR count). The fraction of sp³-hybridized carbons (Fsp3) is 0.500. The molecule has 1 aliphatic rings. The lowest BCUT2D eigenvalue weighted by molar-refractivity contribution is 0.0467. The zero-order chi connectivity index (χ0) is 23.6. The van der Waals surface area contributed by atoms with Gasteiger partial charge in [-0.1, -0.05) is 81.4 Å². The summed E-state index contributed by atoms with van der Waals surface area (Å²) in [5.41, 5.74) is -0.585. The van der Waals surface area contributed by atoms with Crippen molar-refractivity contribution >= 4 is 24.8 Å². The molecule has 1 saturated carbocycles. The van der Waals surface area contributed by atoms with Gasteiger partial charge in [-0.2, -0.15) is 0 Å². The molecule has 0 spiro atoms. The Hall–Kier alpha value is -2.15. The second-order valence-corrected chi connectivity index (χ2v) is 14.9. The molecule has 3 atom stereocenters. The maximum Gasteiger partial charge on any atom is 0.407 e. The minimum atomic E-state index is -2.65. The lowest BCUT2D eigenvalue weighted by atomic mass is 10.2. The summed E-state index contributed by atoms with van der Waals surface area (Å²) in [6.45, 7) is 12.1. The Balaban J connectivity index is 1.88. The van der Waals surface area contributed by atoms with Crippen LogP contribution in [0.4, 0.5) is 4.79 Å². The second kappa shape index (κ2) is 9.38. The number of amides is 1. The molecule has 0 saturated heterocycles. The van der Waals surface area contributed by atoms with Crippen molar-refractivity contribution < 1.29 is 19.1 Å². The van der Waals surface area contributed by atoms with E-state index in [1.54, 1.807) is 0 Å². The second-order valence-electron chi connectivity index (χ2n) is 10.7. The molecule has 0 unspecified atom stereocenters. The number of hydrogen-bond donors (Lipinski definition) is 2. The third kappa shape index (κ3) is 5.42. The minimum Gasteiger partial charge on any atom is -0.444 e. The first-order chi connectivity index (χ1) is 15.0. The Labute approximate surface area is 193 Å². The van der Waals surface area contributed by atoms with Crippen LogP contribution in [0.15, 0.2) is 60.7 Å². The number of aliphatic hydroxyl groups excluding tert-OH is 1. The van der Waals surface area contributed by atoms with E-state index in [0.29, 0.717) is 0 Å². The summed E-state index contributed by atoms with van der Waals surface area (Å²) in [4.78, 5) is 12.3. The van der Waals surface area contributed by atoms with Crippen LogP contribution in [0.25, 0.3) is 0 Å². The third-order valence-corrected chi connectivity index (χ3v) is 11.0. The van der Waals surface area contributed by atoms with Crippen molar-refractivity contribution in [3.8, 4) is 0 Å². The smallest absolute Gasteiger partial charge is 0.407 e. The van der Waals surface area contributed by atoms with Gasteiger partial charge < -0.3 is 19.6 Å². The molecule has 1 fully saturated rings. The molecule has 174 valence electrons. The summed E-state index contributed by atoms with van der Waals surface area (Å²) in [5, 5.41) is 15.2. The number of carbonyl (C=O) groups excluding carboxylic acids is 1. The molecule has 1 amide bonds. The van der Waals surface area contributed by atoms with Crippen molar-refractivity contribution in [2.45, 2.75) is 70.7 Å². The Kier molecular flexibility index (Phi) is 7.17. The summed E-state index contributed by atoms with van der Waals surface area (Å²) >= 11 is 0. The van der Waals surface area contributed by atoms with E-state index in [4.69, 9.17) is 9.16 Å². The first-order valence-electron chi connectivity index (χ1n) is 11.4. The zero-order valence-electron chi connectivity index (χ0n) is 20.1. The number of aliphatic hydroxyl groups is 1. The summed E-state index contributed by atoms with van der Waals surface area (Å²) in [6, 6.07) is 20.6. The maximum atomic E-state index is 12.3. The number of rotatable bonds is 7. The Morgan fingerprint density at radius 3 is 1.91 bits per heavy atom. The molecule has 2 N–H and O–H groups in total. The SMILES string of the molecule is CC(C)(C)OC(=O)N[C@@H](CO)[C@H]1C[C@@H]1O[Si](c1ccccc1)(c1ccccc1)C(C)(C)C. The van der Waals surface area contributed by atoms with Crippen LogP contribution in [0, 0.1) is 5.92 Å². The zero-order valence-corrected chi connectivity index (χ0v) is 21.1. The van der Waals surface area contributed by atoms with Crippen LogP contribution in [0.5, 0.6) is 0 Å². The van der Waals surface area contributed by atoms with Gasteiger partial charge in [-0.05, 0) is 42.6 Å². The van der Waals surface area contributed by atoms with E-state index >= 15 is 0 Å². The molecule has 0 aromatic heterocycles. The average Bonchev–Trinajstić information content (AvgIpc) is 3.48. The van der Waals surface area contributed by atoms with Crippen molar-refractivity contribution in [3.05, 3.63) is 60.7 Å². The topological polar surface area (TPSA) is 67.8 Å². The van der Waals surface area contributed by atoms with Crippen LogP contribution in [-0.4, -0.2) is 43.9 Å². The van der Waals surface area contributed by atoms with E-state index in [1.807, 2.05) is 32.9 Å². The van der Waals surface area contributed by atoms with Crippen LogP contribution in [0.1, 0.15) is 48.0 Å². The Morgan fingerprint density at radius 1 is 1.00 bits per heavy atom. The highest BCUT2D eigenvalue weighted by Gasteiger charge is 2.56. The van der Waals surface area contributed by atoms with Crippen LogP contribution in [0.2, 0.25) is 5.04 Å². The average molecular weight is 456 g/mol. The van der Waals surface area contributed by atoms with Crippen LogP contribution < -0.4 is 15.7 Å². The fourth-order valence-electron chi connectivity index (χ4n) is 4.41. The van der Waals surface area contributed by atoms with Crippen molar-refractivity contribution in [2.75, 3.05) is 6.61 Å². The van der Waals surface area contributed by atoms with E-state index in [-0.39, 0.29) is 23.7 Å². The normalized spacial score (nSPS) is 19.8. The Morgan fingerprint density at radius 2 is 1.50 bits per heavy atom. The van der Waals surface area contributed by atoms with Crippen LogP contribution in [-0.2, 0) is 9.16 Å². The molecule has 2 aromatic rings. The van der Waals surface area contributed by atoms with Gasteiger partial charge in [0, 0.05) is 5.92 Å². The van der Waals surface area contributed by atoms with Gasteiger partial charge in [-0.3, -0.25) is 0 Å². The van der Waals surface area contributed by atoms with Crippen molar-refractivity contribution in [1.82, 2.24) is 5.32 Å². The first-order valence-corrected chi connectivity index (χ1v) is 13.3. The van der Waals surface area contributed by atoms with Crippen molar-refractivity contribution in [1.29, 1.82) is 0 Å². The number of ether oxygens (including phenoxy) is 1. The van der Waals surface area contributed by atoms with Gasteiger partial charge in [0.15, 0.2) is 0 Å². The van der Waals surface area contributed by atoms with E-state index in [9.17, 15) is 9.90 Å². The largest absolute Gasteiger partial charge is 0.444 e. The number of nitrogens with one attached hydrogen (secondary N) is 1. The molecule has 6 heteroatoms. The first kappa shape index (κ1) is 24.5. The van der Waals surface area contributed by atoms with E-state index in [0.717, 1.165) is 6.42 Å². The number of benzene rings is 2. The monoisotopic (exact) mass is 455 g/mol. The Bertz CT molecular complexity index is 850. The standard InChI is InChI=1S/C26H37NO4Si/c1-25(2,3)30-24(29)27-22(18-28)21-17-23(21)31-32(26(4,5)6,19-13-9-7-10-14-19)20-15-11-8-12-16-20/h7-16,21-23,28H,17-18H2,1-6H3,(H,27,29)/t21-,22+,23+/m1/s1. The highest BCUT2D eigenvalue weighted by molar-refractivity contribution is 6.99. The summed E-state index contributed by atoms with van der Waals surface area (Å²) < 4.78 is 12.5. The predicted octanol–water partition coefficient (Wildman–Crippen LogP) is 3.84. The molecular formula is C26H37NO4Si. The molecule has 1 aliphatic carbocycles. The van der Waals surface area contributed by atoms with Gasteiger partial charge in [0.1, 0.15) is 5.60 Å². The highest BCUT2D eigenvalue weighted by atomic mass is 28.4. The number of carbonyl (C=O) groups is 1. The van der Waals surface area contributed by atoms with Gasteiger partial charge in [0.2, 0.25) is 0 Å². The minimum absolute atomic E-state index is 0.0339. The van der Waals surface area contributed by atoms with Gasteiger partial charge in [-0.15, -0.1) is 0 Å². The predicted molar refractivity (Wildman–Crippen MR) is 131 cm³/mol. The summed E-state index contributed by atoms with van der Waals surface area (Å²) in [7, 11) is -2.65. The molecule has 2 aromatic carbocycles. The number of alkyl carbamates (subject to hydrolysis) is 1. The van der Waals surface area contributed by atoms with Gasteiger partial charge in [0.25, 0.3) is 8.32 Å². The van der Waals surface area contributed by atoms with Gasteiger partial charge in [-0.25, -0.2) is 4.79 Å². The molecule has 0 radical (unpaired) electrons. The molecule has 0 heterocycles. The molecule has 5 nitrogen and oxygen atoms in total. The van der Waals surface area contributed by atoms with Gasteiger partial charge in [0.05, 0.1) is 18.8 Å². The highest BCUT2D eigenvalue weighted by Crippen LogP contribution is 2.45. The lowest BCUT2D eigenvalue weighted by Gasteiger charge is -2.43. The summed E-state index contributed by atoms with van der Waals surface area (Å²) in [5.74, 6) is 0.0502. The summed E-state index contributed by atoms with van der Waals surface area (Å²) in [6.07, 6.45) is 0.256. The number of hydrogen-bond acceptors (Lipinski definition) is 4. The lowest BCUT2D eigenvalue weighted by Crippen LogP contribution is -2.67. The molecule has 32 heavy (non-hydrogen) atoms. The molecule has 0 bridgehead atoms. The van der Waals surface area contributed by atoms with E-state index < -0.39 is 26.1 Å². The molecule has 0 aliphatic heterocycles. The molecular weight excluding hydrogens is 418 g/mol. The maximum absolute atomic E-state index is 12.3. The van der Waals surface area contributed by atoms with Crippen LogP contribution >= 0.6 is 0 Å². The van der Waals surface area contributed by atoms with Crippen molar-refractivity contribution in [3.63, 3.8) is 0 Å². The fourth-order valence-corrected chi connectivity index (χ4v) is 9.15. The van der Waals surface area contributed by atoms with Crippen molar-refractivity contribution in [2.24, 2.45) is 5.92 Å². The third-order valence-electron chi connectivity index (χ3n) is 5.94. The quantitative estimate of drug-likeness (QED) is 0.623. The van der Waals surface area contributed by atoms with E-state index in [2.05, 4.69) is 74.6 Å². The van der Waals surface area contributed by atoms with Crippen LogP contribution in [0.3, 0.4) is 0 Å². The van der Waals surface area contributed by atoms with Gasteiger partial charge >= 0.3 is 6.09 Å².